The van der Waals surface area contributed by atoms with Gasteiger partial charge < -0.3 is 14.6 Å². The Morgan fingerprint density at radius 1 is 1.21 bits per heavy atom. The van der Waals surface area contributed by atoms with Crippen molar-refractivity contribution in [1.29, 1.82) is 0 Å². The zero-order valence-corrected chi connectivity index (χ0v) is 23.4. The normalized spacial score (nSPS) is 12.3. The van der Waals surface area contributed by atoms with E-state index in [9.17, 15) is 9.59 Å². The van der Waals surface area contributed by atoms with Crippen LogP contribution in [0.15, 0.2) is 47.6 Å². The van der Waals surface area contributed by atoms with Crippen molar-refractivity contribution >= 4 is 70.9 Å². The van der Waals surface area contributed by atoms with E-state index < -0.39 is 12.6 Å². The lowest BCUT2D eigenvalue weighted by Crippen LogP contribution is -2.23. The van der Waals surface area contributed by atoms with Crippen LogP contribution in [0, 0.1) is 0 Å². The van der Waals surface area contributed by atoms with Gasteiger partial charge in [0.25, 0.3) is 5.56 Å². The third kappa shape index (κ3) is 5.69. The van der Waals surface area contributed by atoms with Crippen LogP contribution < -0.4 is 15.0 Å². The molecule has 1 atom stereocenters. The quantitative estimate of drug-likeness (QED) is 0.285. The van der Waals surface area contributed by atoms with E-state index in [1.807, 2.05) is 26.8 Å². The number of nitrogens with zero attached hydrogens (tertiary/aromatic N) is 3. The minimum absolute atomic E-state index is 0.00106. The van der Waals surface area contributed by atoms with E-state index in [-0.39, 0.29) is 17.2 Å². The van der Waals surface area contributed by atoms with Gasteiger partial charge in [0, 0.05) is 20.4 Å². The van der Waals surface area contributed by atoms with Gasteiger partial charge in [-0.1, -0.05) is 29.8 Å². The third-order valence-corrected chi connectivity index (χ3v) is 7.63. The Hall–Kier alpha value is -2.24. The molecule has 0 aliphatic carbocycles. The molecule has 0 bridgehead atoms. The first-order valence-corrected chi connectivity index (χ1v) is 12.8. The Morgan fingerprint density at radius 2 is 1.94 bits per heavy atom. The molecule has 2 aromatic carbocycles. The third-order valence-electron chi connectivity index (χ3n) is 4.99. The molecule has 0 unspecified atom stereocenters. The summed E-state index contributed by atoms with van der Waals surface area (Å²) in [5, 5.41) is 13.9. The number of carboxylic acids is 1. The fourth-order valence-electron chi connectivity index (χ4n) is 3.13. The number of aliphatic carboxylic acids is 1. The molecular formula is C23H22Br3N3O5. The maximum atomic E-state index is 13.3. The van der Waals surface area contributed by atoms with Crippen molar-refractivity contribution < 1.29 is 19.4 Å². The molecule has 0 saturated heterocycles. The minimum atomic E-state index is -1.11. The number of rotatable bonds is 9. The summed E-state index contributed by atoms with van der Waals surface area (Å²) in [6, 6.07) is 7.04. The van der Waals surface area contributed by atoms with E-state index in [1.165, 1.54) is 10.9 Å². The second-order valence-corrected chi connectivity index (χ2v) is 9.84. The number of ether oxygens (including phenoxy) is 2. The number of carbonyl (C=O) groups is 1. The van der Waals surface area contributed by atoms with Gasteiger partial charge in [-0.2, -0.15) is 9.78 Å². The Morgan fingerprint density at radius 3 is 2.59 bits per heavy atom. The zero-order chi connectivity index (χ0) is 25.0. The van der Waals surface area contributed by atoms with Crippen LogP contribution in [-0.4, -0.2) is 40.2 Å². The van der Waals surface area contributed by atoms with Gasteiger partial charge in [-0.3, -0.25) is 4.79 Å². The van der Waals surface area contributed by atoms with E-state index in [0.29, 0.717) is 43.6 Å². The number of carboxylic acid groups (broad SMARTS) is 1. The van der Waals surface area contributed by atoms with Gasteiger partial charge in [0.15, 0.2) is 18.1 Å². The SMILES string of the molecule is CCOc1cc(C=Nn2c([C@H](C)CC)nc3ccc(Br)cc3c2=O)c(Br)c(Br)c1OCC(=O)O. The van der Waals surface area contributed by atoms with Crippen molar-refractivity contribution in [2.45, 2.75) is 33.1 Å². The highest BCUT2D eigenvalue weighted by Crippen LogP contribution is 2.42. The Kier molecular flexibility index (Phi) is 8.89. The van der Waals surface area contributed by atoms with Gasteiger partial charge in [0.2, 0.25) is 0 Å². The molecule has 0 amide bonds. The molecule has 3 aromatic rings. The van der Waals surface area contributed by atoms with Crippen LogP contribution in [0.2, 0.25) is 0 Å². The van der Waals surface area contributed by atoms with Crippen LogP contribution in [0.4, 0.5) is 0 Å². The van der Waals surface area contributed by atoms with Crippen molar-refractivity contribution in [3.8, 4) is 11.5 Å². The van der Waals surface area contributed by atoms with Crippen LogP contribution in [0.5, 0.6) is 11.5 Å². The van der Waals surface area contributed by atoms with E-state index >= 15 is 0 Å². The number of aromatic nitrogens is 2. The predicted octanol–water partition coefficient (Wildman–Crippen LogP) is 5.94. The molecule has 0 spiro atoms. The molecule has 0 aliphatic rings. The summed E-state index contributed by atoms with van der Waals surface area (Å²) >= 11 is 10.3. The molecule has 180 valence electrons. The first-order valence-electron chi connectivity index (χ1n) is 10.4. The van der Waals surface area contributed by atoms with Crippen molar-refractivity contribution in [1.82, 2.24) is 9.66 Å². The fraction of sp³-hybridized carbons (Fsp3) is 0.304. The van der Waals surface area contributed by atoms with Gasteiger partial charge in [0.05, 0.1) is 28.2 Å². The summed E-state index contributed by atoms with van der Waals surface area (Å²) in [4.78, 5) is 29.0. The molecule has 1 heterocycles. The van der Waals surface area contributed by atoms with Crippen molar-refractivity contribution in [2.75, 3.05) is 13.2 Å². The Labute approximate surface area is 221 Å². The van der Waals surface area contributed by atoms with Gasteiger partial charge in [-0.25, -0.2) is 9.78 Å². The van der Waals surface area contributed by atoms with E-state index in [4.69, 9.17) is 19.6 Å². The smallest absolute Gasteiger partial charge is 0.341 e. The highest BCUT2D eigenvalue weighted by atomic mass is 79.9. The molecule has 0 saturated carbocycles. The van der Waals surface area contributed by atoms with Crippen LogP contribution in [0.1, 0.15) is 44.5 Å². The van der Waals surface area contributed by atoms with E-state index in [1.54, 1.807) is 18.2 Å². The molecule has 3 rings (SSSR count). The van der Waals surface area contributed by atoms with Crippen molar-refractivity contribution in [2.24, 2.45) is 5.10 Å². The second-order valence-electron chi connectivity index (χ2n) is 7.34. The molecule has 0 aliphatic heterocycles. The fourth-order valence-corrected chi connectivity index (χ4v) is 4.43. The van der Waals surface area contributed by atoms with E-state index in [2.05, 4.69) is 52.9 Å². The van der Waals surface area contributed by atoms with Crippen molar-refractivity contribution in [3.63, 3.8) is 0 Å². The molecule has 1 N–H and O–H groups in total. The zero-order valence-electron chi connectivity index (χ0n) is 18.6. The molecule has 8 nitrogen and oxygen atoms in total. The Bertz CT molecular complexity index is 1320. The lowest BCUT2D eigenvalue weighted by atomic mass is 10.1. The van der Waals surface area contributed by atoms with Gasteiger partial charge >= 0.3 is 5.97 Å². The minimum Gasteiger partial charge on any atom is -0.490 e. The van der Waals surface area contributed by atoms with Crippen LogP contribution >= 0.6 is 47.8 Å². The summed E-state index contributed by atoms with van der Waals surface area (Å²) in [6.45, 7) is 5.64. The van der Waals surface area contributed by atoms with Gasteiger partial charge in [-0.05, 0) is 69.5 Å². The molecule has 0 radical (unpaired) electrons. The topological polar surface area (TPSA) is 103 Å². The van der Waals surface area contributed by atoms with Gasteiger partial charge in [0.1, 0.15) is 5.82 Å². The largest absolute Gasteiger partial charge is 0.490 e. The number of benzene rings is 2. The highest BCUT2D eigenvalue weighted by Gasteiger charge is 2.19. The Balaban J connectivity index is 2.16. The predicted molar refractivity (Wildman–Crippen MR) is 142 cm³/mol. The first-order chi connectivity index (χ1) is 16.2. The summed E-state index contributed by atoms with van der Waals surface area (Å²) in [5.74, 6) is 0.0425. The molecule has 34 heavy (non-hydrogen) atoms. The first kappa shape index (κ1) is 26.4. The van der Waals surface area contributed by atoms with E-state index in [0.717, 1.165) is 10.9 Å². The average molecular weight is 660 g/mol. The second kappa shape index (κ2) is 11.5. The summed E-state index contributed by atoms with van der Waals surface area (Å²) in [5.41, 5.74) is 0.922. The number of hydrogen-bond donors (Lipinski definition) is 1. The summed E-state index contributed by atoms with van der Waals surface area (Å²) in [7, 11) is 0. The molecule has 1 aromatic heterocycles. The molecule has 11 heteroatoms. The van der Waals surface area contributed by atoms with Crippen LogP contribution in [-0.2, 0) is 4.79 Å². The van der Waals surface area contributed by atoms with Crippen molar-refractivity contribution in [3.05, 3.63) is 59.4 Å². The standard InChI is InChI=1S/C23H22Br3N3O5/c1-4-12(3)22-28-16-7-6-14(24)9-15(16)23(32)29(22)27-10-13-8-17(33-5-2)21(20(26)19(13)25)34-11-18(30)31/h6-10,12H,4-5,11H2,1-3H3,(H,30,31)/t12-/m1/s1. The maximum absolute atomic E-state index is 13.3. The average Bonchev–Trinajstić information content (AvgIpc) is 2.80. The lowest BCUT2D eigenvalue weighted by molar-refractivity contribution is -0.139. The number of fused-ring (bicyclic) bond motifs is 1. The number of halogens is 3. The highest BCUT2D eigenvalue weighted by molar-refractivity contribution is 9.13. The van der Waals surface area contributed by atoms with Crippen LogP contribution in [0.25, 0.3) is 10.9 Å². The number of hydrogen-bond acceptors (Lipinski definition) is 6. The van der Waals surface area contributed by atoms with Gasteiger partial charge in [-0.15, -0.1) is 0 Å². The summed E-state index contributed by atoms with van der Waals surface area (Å²) in [6.07, 6.45) is 2.31. The lowest BCUT2D eigenvalue weighted by Gasteiger charge is -2.16. The molecular weight excluding hydrogens is 638 g/mol. The molecule has 0 fully saturated rings. The monoisotopic (exact) mass is 657 g/mol. The van der Waals surface area contributed by atoms with Crippen LogP contribution in [0.3, 0.4) is 0 Å². The summed E-state index contributed by atoms with van der Waals surface area (Å²) < 4.78 is 14.2. The maximum Gasteiger partial charge on any atom is 0.341 e.